The maximum atomic E-state index is 12.6. The summed E-state index contributed by atoms with van der Waals surface area (Å²) >= 11 is 0. The van der Waals surface area contributed by atoms with E-state index >= 15 is 0 Å². The first-order valence-corrected chi connectivity index (χ1v) is 6.90. The van der Waals surface area contributed by atoms with Crippen molar-refractivity contribution in [3.05, 3.63) is 36.4 Å². The van der Waals surface area contributed by atoms with Crippen LogP contribution in [0, 0.1) is 0 Å². The molecule has 24 heavy (non-hydrogen) atoms. The van der Waals surface area contributed by atoms with E-state index in [4.69, 9.17) is 0 Å². The highest BCUT2D eigenvalue weighted by atomic mass is 19.4. The van der Waals surface area contributed by atoms with Crippen LogP contribution in [0.15, 0.2) is 30.9 Å². The predicted molar refractivity (Wildman–Crippen MR) is 80.0 cm³/mol. The number of nitrogens with zero attached hydrogens (tertiary/aromatic N) is 5. The topological polar surface area (TPSA) is 73.4 Å². The summed E-state index contributed by atoms with van der Waals surface area (Å²) < 4.78 is 41.2. The number of aromatic nitrogens is 5. The summed E-state index contributed by atoms with van der Waals surface area (Å²) in [5.41, 5.74) is -0.313. The van der Waals surface area contributed by atoms with Gasteiger partial charge in [-0.15, -0.1) is 9.67 Å². The van der Waals surface area contributed by atoms with Gasteiger partial charge in [0.15, 0.2) is 6.33 Å². The molecule has 0 saturated heterocycles. The van der Waals surface area contributed by atoms with Gasteiger partial charge in [0, 0.05) is 6.07 Å². The Labute approximate surface area is 134 Å². The van der Waals surface area contributed by atoms with Crippen molar-refractivity contribution in [1.82, 2.24) is 20.1 Å². The van der Waals surface area contributed by atoms with Crippen LogP contribution >= 0.6 is 0 Å². The van der Waals surface area contributed by atoms with Crippen LogP contribution in [0.2, 0.25) is 0 Å². The molecule has 3 aromatic heterocycles. The van der Waals surface area contributed by atoms with Gasteiger partial charge in [-0.1, -0.05) is 4.98 Å². The van der Waals surface area contributed by atoms with Gasteiger partial charge in [-0.25, -0.2) is 10.4 Å². The first-order valence-electron chi connectivity index (χ1n) is 6.90. The van der Waals surface area contributed by atoms with Gasteiger partial charge in [-0.2, -0.15) is 18.2 Å². The molecule has 0 saturated carbocycles. The van der Waals surface area contributed by atoms with Gasteiger partial charge in [0.05, 0.1) is 25.9 Å². The lowest BCUT2D eigenvalue weighted by atomic mass is 10.3. The largest absolute Gasteiger partial charge is 0.419 e. The lowest BCUT2D eigenvalue weighted by Crippen LogP contribution is -2.34. The molecule has 0 unspecified atom stereocenters. The minimum atomic E-state index is -4.42. The van der Waals surface area contributed by atoms with E-state index in [0.29, 0.717) is 22.7 Å². The van der Waals surface area contributed by atoms with Gasteiger partial charge in [0.2, 0.25) is 12.2 Å². The number of fused-ring (bicyclic) bond motifs is 1. The van der Waals surface area contributed by atoms with Gasteiger partial charge in [0.25, 0.3) is 5.82 Å². The van der Waals surface area contributed by atoms with E-state index in [1.165, 1.54) is 17.1 Å². The molecule has 0 spiro atoms. The van der Waals surface area contributed by atoms with E-state index in [0.717, 1.165) is 12.3 Å². The zero-order chi connectivity index (χ0) is 17.3. The number of rotatable bonds is 3. The predicted octanol–water partition coefficient (Wildman–Crippen LogP) is 1.36. The molecule has 0 aliphatic carbocycles. The minimum absolute atomic E-state index is 0.291. The van der Waals surface area contributed by atoms with Crippen LogP contribution in [0.1, 0.15) is 5.56 Å². The highest BCUT2D eigenvalue weighted by Crippen LogP contribution is 2.28. The van der Waals surface area contributed by atoms with Crippen molar-refractivity contribution in [1.29, 1.82) is 0 Å². The number of hydrogen-bond acceptors (Lipinski definition) is 3. The molecule has 0 aliphatic rings. The second kappa shape index (κ2) is 5.87. The van der Waals surface area contributed by atoms with Crippen LogP contribution < -0.4 is 10.00 Å². The van der Waals surface area contributed by atoms with Crippen molar-refractivity contribution in [2.75, 3.05) is 19.4 Å². The summed E-state index contributed by atoms with van der Waals surface area (Å²) in [6.07, 6.45) is 1.10. The molecule has 10 heteroatoms. The van der Waals surface area contributed by atoms with Crippen molar-refractivity contribution >= 4 is 23.2 Å². The van der Waals surface area contributed by atoms with Crippen LogP contribution in [0.3, 0.4) is 0 Å². The number of pyridine rings is 1. The fraction of sp³-hybridized carbons (Fsp3) is 0.214. The van der Waals surface area contributed by atoms with Crippen molar-refractivity contribution in [2.45, 2.75) is 6.18 Å². The summed E-state index contributed by atoms with van der Waals surface area (Å²) in [5.74, 6) is 0.856. The molecule has 0 radical (unpaired) electrons. The number of nitrogens with one attached hydrogen (secondary N) is 2. The smallest absolute Gasteiger partial charge is 0.273 e. The number of halogens is 3. The maximum Gasteiger partial charge on any atom is 0.419 e. The molecule has 3 rings (SSSR count). The first kappa shape index (κ1) is 15.8. The Balaban J connectivity index is 2.02. The van der Waals surface area contributed by atoms with E-state index in [1.807, 2.05) is 18.7 Å². The monoisotopic (exact) mass is 337 g/mol. The van der Waals surface area contributed by atoms with E-state index in [1.54, 1.807) is 12.5 Å². The summed E-state index contributed by atoms with van der Waals surface area (Å²) in [6.45, 7) is 0. The van der Waals surface area contributed by atoms with Crippen molar-refractivity contribution in [3.8, 4) is 5.82 Å². The molecule has 3 heterocycles. The SMILES string of the molecule is C[N+](C)=CNc1ncnc2c1c[nH][n+]2-c1ccc(C(F)(F)F)cn1. The van der Waals surface area contributed by atoms with E-state index in [9.17, 15) is 13.2 Å². The number of hydrogen-bond donors (Lipinski definition) is 2. The average Bonchev–Trinajstić information content (AvgIpc) is 2.96. The molecule has 0 aliphatic heterocycles. The molecule has 7 nitrogen and oxygen atoms in total. The van der Waals surface area contributed by atoms with Crippen LogP contribution in [0.5, 0.6) is 0 Å². The summed E-state index contributed by atoms with van der Waals surface area (Å²) in [4.78, 5) is 12.2. The molecular formula is C14H14F3N7+2. The third-order valence-corrected chi connectivity index (χ3v) is 3.18. The summed E-state index contributed by atoms with van der Waals surface area (Å²) in [6, 6.07) is 2.25. The van der Waals surface area contributed by atoms with Gasteiger partial charge in [-0.3, -0.25) is 4.58 Å². The second-order valence-electron chi connectivity index (χ2n) is 5.21. The van der Waals surface area contributed by atoms with Gasteiger partial charge < -0.3 is 0 Å². The third-order valence-electron chi connectivity index (χ3n) is 3.18. The molecule has 0 fully saturated rings. The Morgan fingerprint density at radius 3 is 2.62 bits per heavy atom. The van der Waals surface area contributed by atoms with E-state index < -0.39 is 11.7 Å². The molecule has 0 bridgehead atoms. The molecule has 3 aromatic rings. The third kappa shape index (κ3) is 3.03. The van der Waals surface area contributed by atoms with Crippen LogP contribution in [0.4, 0.5) is 19.0 Å². The molecule has 0 aromatic carbocycles. The highest BCUT2D eigenvalue weighted by Gasteiger charge is 2.32. The zero-order valence-electron chi connectivity index (χ0n) is 12.8. The Morgan fingerprint density at radius 2 is 2.00 bits per heavy atom. The standard InChI is InChI=1S/C14H12F3N7/c1-23(2)8-21-12-10-6-22-24(13(10)20-7-19-12)11-4-3-9(5-18-11)14(15,16)17/h3-8H,1-2H3/p+2. The Bertz CT molecular complexity index is 893. The number of aromatic amines is 1. The van der Waals surface area contributed by atoms with Crippen LogP contribution in [-0.2, 0) is 6.18 Å². The first-order chi connectivity index (χ1) is 11.4. The number of alkyl halides is 3. The Kier molecular flexibility index (Phi) is 3.87. The fourth-order valence-electron chi connectivity index (χ4n) is 2.05. The minimum Gasteiger partial charge on any atom is -0.273 e. The average molecular weight is 337 g/mol. The second-order valence-corrected chi connectivity index (χ2v) is 5.21. The molecule has 0 atom stereocenters. The Hall–Kier alpha value is -3.04. The van der Waals surface area contributed by atoms with Crippen molar-refractivity contribution < 1.29 is 22.4 Å². The lowest BCUT2D eigenvalue weighted by Gasteiger charge is -2.03. The number of H-pyrrole nitrogens is 1. The van der Waals surface area contributed by atoms with Gasteiger partial charge >= 0.3 is 11.8 Å². The lowest BCUT2D eigenvalue weighted by molar-refractivity contribution is -0.635. The summed E-state index contributed by atoms with van der Waals surface area (Å²) in [7, 11) is 3.71. The Morgan fingerprint density at radius 1 is 1.21 bits per heavy atom. The maximum absolute atomic E-state index is 12.6. The van der Waals surface area contributed by atoms with E-state index in [2.05, 4.69) is 25.4 Å². The molecule has 124 valence electrons. The highest BCUT2D eigenvalue weighted by molar-refractivity contribution is 5.89. The van der Waals surface area contributed by atoms with Crippen molar-refractivity contribution in [2.24, 2.45) is 0 Å². The zero-order valence-corrected chi connectivity index (χ0v) is 12.8. The number of anilines is 1. The van der Waals surface area contributed by atoms with Crippen molar-refractivity contribution in [3.63, 3.8) is 0 Å². The van der Waals surface area contributed by atoms with Crippen LogP contribution in [-0.4, -0.2) is 45.1 Å². The molecule has 2 N–H and O–H groups in total. The van der Waals surface area contributed by atoms with Gasteiger partial charge in [0.1, 0.15) is 11.6 Å². The summed E-state index contributed by atoms with van der Waals surface area (Å²) in [5, 5.41) is 6.63. The van der Waals surface area contributed by atoms with Crippen LogP contribution in [0.25, 0.3) is 16.9 Å². The molecule has 0 amide bonds. The van der Waals surface area contributed by atoms with E-state index in [-0.39, 0.29) is 0 Å². The van der Waals surface area contributed by atoms with Gasteiger partial charge in [-0.05, 0) is 6.07 Å². The normalized spacial score (nSPS) is 11.5. The quantitative estimate of drug-likeness (QED) is 0.430. The fourth-order valence-corrected chi connectivity index (χ4v) is 2.05. The molecular weight excluding hydrogens is 323 g/mol.